The number of anilines is 1. The van der Waals surface area contributed by atoms with Crippen LogP contribution in [0, 0.1) is 11.8 Å². The highest BCUT2D eigenvalue weighted by Crippen LogP contribution is 2.17. The Kier molecular flexibility index (Phi) is 3.70. The van der Waals surface area contributed by atoms with Crippen molar-refractivity contribution >= 4 is 11.7 Å². The molecule has 1 N–H and O–H groups in total. The second-order valence-corrected chi connectivity index (χ2v) is 3.65. The van der Waals surface area contributed by atoms with E-state index < -0.39 is 17.7 Å². The van der Waals surface area contributed by atoms with Crippen molar-refractivity contribution < 1.29 is 18.3 Å². The molecule has 0 aliphatic rings. The minimum atomic E-state index is -0.729. The highest BCUT2D eigenvalue weighted by atomic mass is 19.1. The summed E-state index contributed by atoms with van der Waals surface area (Å²) in [6, 6.07) is 7.77. The lowest BCUT2D eigenvalue weighted by molar-refractivity contribution is 0.102. The van der Waals surface area contributed by atoms with Gasteiger partial charge < -0.3 is 10.1 Å². The number of benzene rings is 1. The largest absolute Gasteiger partial charge is 0.497 e. The van der Waals surface area contributed by atoms with E-state index in [0.29, 0.717) is 5.75 Å². The Bertz CT molecular complexity index is 617. The van der Waals surface area contributed by atoms with Crippen molar-refractivity contribution in [3.8, 4) is 5.75 Å². The summed E-state index contributed by atoms with van der Waals surface area (Å²) in [6.07, 6.45) is 0. The third-order valence-corrected chi connectivity index (χ3v) is 2.38. The molecule has 0 spiro atoms. The first-order valence-corrected chi connectivity index (χ1v) is 5.37. The second kappa shape index (κ2) is 5.43. The highest BCUT2D eigenvalue weighted by molar-refractivity contribution is 6.04. The molecule has 2 rings (SSSR count). The first-order valence-electron chi connectivity index (χ1n) is 5.37. The Morgan fingerprint density at radius 3 is 2.68 bits per heavy atom. The van der Waals surface area contributed by atoms with Crippen LogP contribution >= 0.6 is 0 Å². The van der Waals surface area contributed by atoms with Crippen LogP contribution in [0.1, 0.15) is 10.4 Å². The van der Waals surface area contributed by atoms with Crippen molar-refractivity contribution in [1.82, 2.24) is 4.98 Å². The quantitative estimate of drug-likeness (QED) is 0.867. The molecule has 0 fully saturated rings. The van der Waals surface area contributed by atoms with Crippen LogP contribution in [0.4, 0.5) is 14.6 Å². The molecule has 0 atom stereocenters. The molecule has 19 heavy (non-hydrogen) atoms. The van der Waals surface area contributed by atoms with Gasteiger partial charge in [-0.25, -0.2) is 9.37 Å². The summed E-state index contributed by atoms with van der Waals surface area (Å²) in [6.45, 7) is 0. The fourth-order valence-corrected chi connectivity index (χ4v) is 1.47. The van der Waals surface area contributed by atoms with Gasteiger partial charge in [0.1, 0.15) is 17.4 Å². The predicted octanol–water partition coefficient (Wildman–Crippen LogP) is 2.62. The van der Waals surface area contributed by atoms with Gasteiger partial charge in [0.25, 0.3) is 5.91 Å². The zero-order valence-corrected chi connectivity index (χ0v) is 9.98. The number of hydrogen-bond donors (Lipinski definition) is 1. The summed E-state index contributed by atoms with van der Waals surface area (Å²) >= 11 is 0. The van der Waals surface area contributed by atoms with Gasteiger partial charge in [-0.1, -0.05) is 6.07 Å². The van der Waals surface area contributed by atoms with Gasteiger partial charge in [0.15, 0.2) is 0 Å². The van der Waals surface area contributed by atoms with E-state index in [1.54, 1.807) is 0 Å². The van der Waals surface area contributed by atoms with Gasteiger partial charge in [0, 0.05) is 6.07 Å². The van der Waals surface area contributed by atoms with Gasteiger partial charge in [-0.15, -0.1) is 0 Å². The van der Waals surface area contributed by atoms with Gasteiger partial charge >= 0.3 is 0 Å². The Labute approximate surface area is 108 Å². The number of nitrogens with zero attached hydrogens (tertiary/aromatic N) is 1. The number of hydrogen-bond acceptors (Lipinski definition) is 3. The third-order valence-electron chi connectivity index (χ3n) is 2.38. The van der Waals surface area contributed by atoms with Gasteiger partial charge in [-0.05, 0) is 24.3 Å². The number of methoxy groups -OCH3 is 1. The van der Waals surface area contributed by atoms with Crippen LogP contribution in [-0.4, -0.2) is 18.0 Å². The van der Waals surface area contributed by atoms with Crippen LogP contribution < -0.4 is 10.1 Å². The third kappa shape index (κ3) is 3.04. The molecule has 0 saturated heterocycles. The fraction of sp³-hybridized carbons (Fsp3) is 0.0769. The topological polar surface area (TPSA) is 51.2 Å². The molecule has 0 unspecified atom stereocenters. The lowest BCUT2D eigenvalue weighted by Gasteiger charge is -2.06. The standard InChI is InChI=1S/C13H10F2N2O2/c1-19-8-5-6-9(10(14)7-8)13(18)17-12-4-2-3-11(15)16-12/h2-7H,1H3,(H,16,17,18). The van der Waals surface area contributed by atoms with Crippen LogP contribution in [0.15, 0.2) is 36.4 Å². The first-order chi connectivity index (χ1) is 9.10. The lowest BCUT2D eigenvalue weighted by atomic mass is 10.2. The maximum atomic E-state index is 13.6. The maximum Gasteiger partial charge on any atom is 0.259 e. The summed E-state index contributed by atoms with van der Waals surface area (Å²) in [5.74, 6) is -1.85. The zero-order chi connectivity index (χ0) is 13.8. The molecule has 1 amide bonds. The Balaban J connectivity index is 2.20. The average Bonchev–Trinajstić information content (AvgIpc) is 2.38. The molecular weight excluding hydrogens is 254 g/mol. The van der Waals surface area contributed by atoms with E-state index in [-0.39, 0.29) is 11.4 Å². The molecule has 4 nitrogen and oxygen atoms in total. The van der Waals surface area contributed by atoms with Crippen molar-refractivity contribution in [3.05, 3.63) is 53.7 Å². The number of ether oxygens (including phenoxy) is 1. The Morgan fingerprint density at radius 2 is 2.05 bits per heavy atom. The minimum absolute atomic E-state index is 0.0141. The molecule has 98 valence electrons. The van der Waals surface area contributed by atoms with Crippen molar-refractivity contribution in [2.24, 2.45) is 0 Å². The van der Waals surface area contributed by atoms with Crippen LogP contribution in [0.5, 0.6) is 5.75 Å². The van der Waals surface area contributed by atoms with Gasteiger partial charge in [-0.3, -0.25) is 4.79 Å². The molecule has 1 aromatic heterocycles. The van der Waals surface area contributed by atoms with Crippen molar-refractivity contribution in [2.75, 3.05) is 12.4 Å². The highest BCUT2D eigenvalue weighted by Gasteiger charge is 2.13. The summed E-state index contributed by atoms with van der Waals surface area (Å²) in [4.78, 5) is 15.2. The molecular formula is C13H10F2N2O2. The Morgan fingerprint density at radius 1 is 1.26 bits per heavy atom. The minimum Gasteiger partial charge on any atom is -0.497 e. The van der Waals surface area contributed by atoms with Crippen molar-refractivity contribution in [1.29, 1.82) is 0 Å². The van der Waals surface area contributed by atoms with Crippen LogP contribution in [-0.2, 0) is 0 Å². The van der Waals surface area contributed by atoms with Crippen LogP contribution in [0.3, 0.4) is 0 Å². The molecule has 0 bridgehead atoms. The van der Waals surface area contributed by atoms with E-state index in [4.69, 9.17) is 4.74 Å². The van der Waals surface area contributed by atoms with Gasteiger partial charge in [0.2, 0.25) is 5.95 Å². The maximum absolute atomic E-state index is 13.6. The van der Waals surface area contributed by atoms with E-state index >= 15 is 0 Å². The van der Waals surface area contributed by atoms with Crippen molar-refractivity contribution in [2.45, 2.75) is 0 Å². The van der Waals surface area contributed by atoms with Crippen molar-refractivity contribution in [3.63, 3.8) is 0 Å². The number of amides is 1. The number of aromatic nitrogens is 1. The van der Waals surface area contributed by atoms with E-state index in [9.17, 15) is 13.6 Å². The SMILES string of the molecule is COc1ccc(C(=O)Nc2cccc(F)n2)c(F)c1. The molecule has 0 radical (unpaired) electrons. The van der Waals surface area contributed by atoms with Crippen LogP contribution in [0.25, 0.3) is 0 Å². The molecule has 1 aromatic carbocycles. The average molecular weight is 264 g/mol. The van der Waals surface area contributed by atoms with E-state index in [2.05, 4.69) is 10.3 Å². The number of halogens is 2. The molecule has 0 aliphatic carbocycles. The van der Waals surface area contributed by atoms with E-state index in [1.807, 2.05) is 0 Å². The monoisotopic (exact) mass is 264 g/mol. The molecule has 0 aliphatic heterocycles. The molecule has 6 heteroatoms. The smallest absolute Gasteiger partial charge is 0.259 e. The Hall–Kier alpha value is -2.50. The normalized spacial score (nSPS) is 10.1. The predicted molar refractivity (Wildman–Crippen MR) is 65.1 cm³/mol. The lowest BCUT2D eigenvalue weighted by Crippen LogP contribution is -2.15. The zero-order valence-electron chi connectivity index (χ0n) is 9.98. The number of pyridine rings is 1. The van der Waals surface area contributed by atoms with E-state index in [0.717, 1.165) is 12.1 Å². The van der Waals surface area contributed by atoms with E-state index in [1.165, 1.54) is 31.4 Å². The van der Waals surface area contributed by atoms with Gasteiger partial charge in [-0.2, -0.15) is 4.39 Å². The molecule has 2 aromatic rings. The summed E-state index contributed by atoms with van der Waals surface area (Å²) < 4.78 is 31.3. The molecule has 0 saturated carbocycles. The first kappa shape index (κ1) is 12.9. The number of carbonyl (C=O) groups is 1. The number of nitrogens with one attached hydrogen (secondary N) is 1. The summed E-state index contributed by atoms with van der Waals surface area (Å²) in [7, 11) is 1.39. The van der Waals surface area contributed by atoms with Gasteiger partial charge in [0.05, 0.1) is 12.7 Å². The second-order valence-electron chi connectivity index (χ2n) is 3.65. The van der Waals surface area contributed by atoms with Crippen LogP contribution in [0.2, 0.25) is 0 Å². The number of carbonyl (C=O) groups excluding carboxylic acids is 1. The molecule has 1 heterocycles. The summed E-state index contributed by atoms with van der Waals surface area (Å²) in [5, 5.41) is 2.31. The number of rotatable bonds is 3. The fourth-order valence-electron chi connectivity index (χ4n) is 1.47. The summed E-state index contributed by atoms with van der Waals surface area (Å²) in [5.41, 5.74) is -0.174.